The lowest BCUT2D eigenvalue weighted by molar-refractivity contribution is -0.123. The van der Waals surface area contributed by atoms with Gasteiger partial charge in [-0.3, -0.25) is 4.79 Å². The average Bonchev–Trinajstić information content (AvgIpc) is 2.82. The van der Waals surface area contributed by atoms with Crippen molar-refractivity contribution in [3.63, 3.8) is 0 Å². The molecule has 1 fully saturated rings. The second kappa shape index (κ2) is 4.64. The van der Waals surface area contributed by atoms with Crippen molar-refractivity contribution in [2.24, 2.45) is 5.41 Å². The Hall–Kier alpha value is -0.800. The number of anilines is 1. The lowest BCUT2D eigenvalue weighted by atomic mass is 10.1. The fraction of sp³-hybridized carbons (Fsp3) is 0.500. The molecule has 0 heterocycles. The van der Waals surface area contributed by atoms with E-state index in [9.17, 15) is 9.18 Å². The summed E-state index contributed by atoms with van der Waals surface area (Å²) in [6.45, 7) is 5.56. The van der Waals surface area contributed by atoms with Crippen LogP contribution in [0.4, 0.5) is 10.1 Å². The molecule has 0 N–H and O–H groups in total. The Balaban J connectivity index is 2.32. The molecule has 0 aromatic heterocycles. The molecule has 0 bridgehead atoms. The van der Waals surface area contributed by atoms with Crippen LogP contribution in [0.5, 0.6) is 0 Å². The van der Waals surface area contributed by atoms with Crippen molar-refractivity contribution in [2.45, 2.75) is 37.6 Å². The summed E-state index contributed by atoms with van der Waals surface area (Å²) < 4.78 is 12.0. The molecule has 1 amide bonds. The third kappa shape index (κ3) is 2.46. The number of alkyl halides is 2. The minimum absolute atomic E-state index is 0.0560. The number of halogens is 3. The Morgan fingerprint density at radius 3 is 2.16 bits per heavy atom. The van der Waals surface area contributed by atoms with Crippen molar-refractivity contribution in [3.05, 3.63) is 30.1 Å². The Labute approximate surface area is 122 Å². The molecular weight excluding hydrogens is 288 g/mol. The highest BCUT2D eigenvalue weighted by molar-refractivity contribution is 6.53. The zero-order chi connectivity index (χ0) is 14.4. The van der Waals surface area contributed by atoms with E-state index in [1.54, 1.807) is 24.0 Å². The Bertz CT molecular complexity index is 501. The van der Waals surface area contributed by atoms with E-state index in [0.717, 1.165) is 0 Å². The molecule has 19 heavy (non-hydrogen) atoms. The van der Waals surface area contributed by atoms with Crippen LogP contribution >= 0.6 is 23.2 Å². The second-order valence-electron chi connectivity index (χ2n) is 5.46. The highest BCUT2D eigenvalue weighted by Crippen LogP contribution is 2.64. The lowest BCUT2D eigenvalue weighted by Gasteiger charge is -2.30. The zero-order valence-electron chi connectivity index (χ0n) is 11.1. The van der Waals surface area contributed by atoms with Crippen LogP contribution < -0.4 is 4.90 Å². The van der Waals surface area contributed by atoms with E-state index in [1.807, 2.05) is 13.8 Å². The molecule has 104 valence electrons. The van der Waals surface area contributed by atoms with Gasteiger partial charge >= 0.3 is 0 Å². The molecule has 2 nitrogen and oxygen atoms in total. The summed E-state index contributed by atoms with van der Waals surface area (Å²) in [5.41, 5.74) is -0.118. The van der Waals surface area contributed by atoms with Gasteiger partial charge in [0, 0.05) is 11.7 Å². The molecule has 0 saturated heterocycles. The van der Waals surface area contributed by atoms with Crippen molar-refractivity contribution in [2.75, 3.05) is 4.90 Å². The number of hydrogen-bond acceptors (Lipinski definition) is 1. The molecular formula is C14H16Cl2FNO. The van der Waals surface area contributed by atoms with Crippen LogP contribution in [0, 0.1) is 11.2 Å². The number of nitrogens with zero attached hydrogens (tertiary/aromatic N) is 1. The van der Waals surface area contributed by atoms with E-state index >= 15 is 0 Å². The lowest BCUT2D eigenvalue weighted by Crippen LogP contribution is -2.42. The van der Waals surface area contributed by atoms with Crippen LogP contribution in [0.2, 0.25) is 0 Å². The molecule has 0 spiro atoms. The number of rotatable bonds is 3. The molecule has 1 atom stereocenters. The highest BCUT2D eigenvalue weighted by Gasteiger charge is 2.69. The first-order valence-electron chi connectivity index (χ1n) is 6.16. The van der Waals surface area contributed by atoms with Gasteiger partial charge in [0.1, 0.15) is 10.2 Å². The van der Waals surface area contributed by atoms with Crippen molar-refractivity contribution >= 4 is 34.8 Å². The van der Waals surface area contributed by atoms with E-state index in [-0.39, 0.29) is 17.8 Å². The van der Waals surface area contributed by atoms with E-state index in [1.165, 1.54) is 12.1 Å². The molecule has 1 aliphatic rings. The number of carbonyl (C=O) groups excluding carboxylic acids is 1. The van der Waals surface area contributed by atoms with E-state index < -0.39 is 9.75 Å². The fourth-order valence-electron chi connectivity index (χ4n) is 2.15. The van der Waals surface area contributed by atoms with Crippen LogP contribution in [0.25, 0.3) is 0 Å². The maximum atomic E-state index is 13.0. The van der Waals surface area contributed by atoms with Crippen molar-refractivity contribution in [1.82, 2.24) is 0 Å². The van der Waals surface area contributed by atoms with Crippen LogP contribution in [-0.4, -0.2) is 16.3 Å². The van der Waals surface area contributed by atoms with Gasteiger partial charge in [0.05, 0.1) is 5.41 Å². The van der Waals surface area contributed by atoms with Crippen LogP contribution in [-0.2, 0) is 4.79 Å². The molecule has 1 saturated carbocycles. The van der Waals surface area contributed by atoms with E-state index in [4.69, 9.17) is 23.2 Å². The third-order valence-electron chi connectivity index (χ3n) is 3.57. The summed E-state index contributed by atoms with van der Waals surface area (Å²) in [4.78, 5) is 14.3. The molecule has 0 radical (unpaired) electrons. The van der Waals surface area contributed by atoms with Gasteiger partial charge in [-0.05, 0) is 51.5 Å². The van der Waals surface area contributed by atoms with Crippen molar-refractivity contribution < 1.29 is 9.18 Å². The highest BCUT2D eigenvalue weighted by atomic mass is 35.5. The maximum absolute atomic E-state index is 13.0. The fourth-order valence-corrected chi connectivity index (χ4v) is 2.85. The summed E-state index contributed by atoms with van der Waals surface area (Å²) in [7, 11) is 0. The second-order valence-corrected chi connectivity index (χ2v) is 6.94. The molecule has 1 unspecified atom stereocenters. The first kappa shape index (κ1) is 14.6. The van der Waals surface area contributed by atoms with Crippen molar-refractivity contribution in [3.8, 4) is 0 Å². The molecule has 2 rings (SSSR count). The van der Waals surface area contributed by atoms with Gasteiger partial charge in [0.15, 0.2) is 0 Å². The van der Waals surface area contributed by atoms with Crippen LogP contribution in [0.15, 0.2) is 24.3 Å². The third-order valence-corrected chi connectivity index (χ3v) is 4.67. The summed E-state index contributed by atoms with van der Waals surface area (Å²) in [6, 6.07) is 5.79. The molecule has 1 aliphatic carbocycles. The standard InChI is InChI=1S/C14H16Cl2FNO/c1-9(2)18(11-6-4-10(17)5-7-11)12(19)13(3)8-14(13,15)16/h4-7,9H,8H2,1-3H3. The SMILES string of the molecule is CC(C)N(C(=O)C1(C)CC1(Cl)Cl)c1ccc(F)cc1. The van der Waals surface area contributed by atoms with Gasteiger partial charge in [0.2, 0.25) is 5.91 Å². The Morgan fingerprint density at radius 2 is 1.79 bits per heavy atom. The Kier molecular flexibility index (Phi) is 3.56. The summed E-state index contributed by atoms with van der Waals surface area (Å²) in [5.74, 6) is -0.458. The summed E-state index contributed by atoms with van der Waals surface area (Å²) in [6.07, 6.45) is 0.437. The largest absolute Gasteiger partial charge is 0.309 e. The quantitative estimate of drug-likeness (QED) is 0.768. The Morgan fingerprint density at radius 1 is 1.32 bits per heavy atom. The predicted molar refractivity (Wildman–Crippen MR) is 76.2 cm³/mol. The first-order chi connectivity index (χ1) is 8.69. The number of carbonyl (C=O) groups is 1. The monoisotopic (exact) mass is 303 g/mol. The number of benzene rings is 1. The van der Waals surface area contributed by atoms with Gasteiger partial charge in [-0.25, -0.2) is 4.39 Å². The van der Waals surface area contributed by atoms with E-state index in [0.29, 0.717) is 12.1 Å². The molecule has 0 aliphatic heterocycles. The molecule has 5 heteroatoms. The van der Waals surface area contributed by atoms with Crippen LogP contribution in [0.3, 0.4) is 0 Å². The average molecular weight is 304 g/mol. The van der Waals surface area contributed by atoms with Gasteiger partial charge < -0.3 is 4.90 Å². The predicted octanol–water partition coefficient (Wildman–Crippen LogP) is 4.15. The van der Waals surface area contributed by atoms with Gasteiger partial charge in [-0.2, -0.15) is 0 Å². The van der Waals surface area contributed by atoms with Gasteiger partial charge in [0.25, 0.3) is 0 Å². The number of amides is 1. The summed E-state index contributed by atoms with van der Waals surface area (Å²) in [5, 5.41) is 0. The topological polar surface area (TPSA) is 20.3 Å². The number of hydrogen-bond donors (Lipinski definition) is 0. The first-order valence-corrected chi connectivity index (χ1v) is 6.92. The molecule has 1 aromatic rings. The van der Waals surface area contributed by atoms with Gasteiger partial charge in [-0.1, -0.05) is 0 Å². The summed E-state index contributed by atoms with van der Waals surface area (Å²) >= 11 is 12.1. The molecule has 1 aromatic carbocycles. The van der Waals surface area contributed by atoms with Crippen molar-refractivity contribution in [1.29, 1.82) is 0 Å². The normalized spacial score (nSPS) is 24.4. The minimum atomic E-state index is -1.00. The maximum Gasteiger partial charge on any atom is 0.236 e. The zero-order valence-corrected chi connectivity index (χ0v) is 12.6. The smallest absolute Gasteiger partial charge is 0.236 e. The minimum Gasteiger partial charge on any atom is -0.309 e. The van der Waals surface area contributed by atoms with E-state index in [2.05, 4.69) is 0 Å². The van der Waals surface area contributed by atoms with Crippen LogP contribution in [0.1, 0.15) is 27.2 Å². The van der Waals surface area contributed by atoms with Gasteiger partial charge in [-0.15, -0.1) is 23.2 Å².